The van der Waals surface area contributed by atoms with Gasteiger partial charge in [-0.25, -0.2) is 9.37 Å². The van der Waals surface area contributed by atoms with Gasteiger partial charge in [-0.15, -0.1) is 0 Å². The topological polar surface area (TPSA) is 72.0 Å². The molecule has 1 aliphatic heterocycles. The Kier molecular flexibility index (Phi) is 5.41. The maximum atomic E-state index is 14.5. The molecule has 32 heavy (non-hydrogen) atoms. The third-order valence-corrected chi connectivity index (χ3v) is 5.93. The molecule has 4 aromatic rings. The number of anilines is 1. The van der Waals surface area contributed by atoms with E-state index in [4.69, 9.17) is 4.74 Å². The predicted octanol–water partition coefficient (Wildman–Crippen LogP) is 4.41. The van der Waals surface area contributed by atoms with Gasteiger partial charge in [0.15, 0.2) is 0 Å². The first kappa shape index (κ1) is 20.3. The van der Waals surface area contributed by atoms with Gasteiger partial charge < -0.3 is 15.4 Å². The number of nitrogens with zero attached hydrogens (tertiary/aromatic N) is 3. The molecule has 0 spiro atoms. The van der Waals surface area contributed by atoms with Crippen molar-refractivity contribution in [3.63, 3.8) is 0 Å². The van der Waals surface area contributed by atoms with Gasteiger partial charge in [0.05, 0.1) is 19.0 Å². The molecule has 0 atom stereocenters. The predicted molar refractivity (Wildman–Crippen MR) is 123 cm³/mol. The van der Waals surface area contributed by atoms with Crippen LogP contribution in [0.3, 0.4) is 0 Å². The molecule has 162 valence electrons. The molecule has 7 heteroatoms. The van der Waals surface area contributed by atoms with E-state index in [1.165, 1.54) is 17.2 Å². The summed E-state index contributed by atoms with van der Waals surface area (Å²) < 4.78 is 20.1. The highest BCUT2D eigenvalue weighted by atomic mass is 19.1. The van der Waals surface area contributed by atoms with Gasteiger partial charge in [0.2, 0.25) is 0 Å². The Morgan fingerprint density at radius 2 is 1.84 bits per heavy atom. The monoisotopic (exact) mass is 429 g/mol. The number of nitrogens with one attached hydrogen (secondary N) is 2. The number of pyridine rings is 1. The van der Waals surface area contributed by atoms with Crippen LogP contribution < -0.4 is 15.4 Å². The lowest BCUT2D eigenvalue weighted by atomic mass is 9.96. The maximum Gasteiger partial charge on any atom is 0.135 e. The van der Waals surface area contributed by atoms with Gasteiger partial charge in [-0.2, -0.15) is 10.2 Å². The first-order valence-electron chi connectivity index (χ1n) is 10.7. The minimum absolute atomic E-state index is 0.236. The molecule has 2 N–H and O–H groups in total. The number of fused-ring (bicyclic) bond motifs is 2. The fourth-order valence-corrected chi connectivity index (χ4v) is 4.37. The zero-order chi connectivity index (χ0) is 22.1. The molecule has 2 aromatic heterocycles. The highest BCUT2D eigenvalue weighted by Crippen LogP contribution is 2.34. The van der Waals surface area contributed by atoms with Gasteiger partial charge in [0.25, 0.3) is 0 Å². The van der Waals surface area contributed by atoms with Gasteiger partial charge in [-0.05, 0) is 42.8 Å². The van der Waals surface area contributed by atoms with Crippen molar-refractivity contribution in [2.24, 2.45) is 0 Å². The fraction of sp³-hybridized carbons (Fsp3) is 0.240. The minimum atomic E-state index is -0.236. The van der Waals surface area contributed by atoms with E-state index < -0.39 is 0 Å². The number of aryl methyl sites for hydroxylation is 1. The van der Waals surface area contributed by atoms with Crippen molar-refractivity contribution in [1.29, 1.82) is 0 Å². The molecule has 0 unspecified atom stereocenters. The Labute approximate surface area is 185 Å². The Bertz CT molecular complexity index is 1310. The second-order valence-electron chi connectivity index (χ2n) is 7.97. The molecular weight excluding hydrogens is 405 g/mol. The van der Waals surface area contributed by atoms with Gasteiger partial charge in [0, 0.05) is 53.2 Å². The van der Waals surface area contributed by atoms with E-state index in [2.05, 4.69) is 50.9 Å². The van der Waals surface area contributed by atoms with E-state index in [9.17, 15) is 4.39 Å². The molecule has 0 radical (unpaired) electrons. The Morgan fingerprint density at radius 3 is 2.66 bits per heavy atom. The van der Waals surface area contributed by atoms with Gasteiger partial charge in [-0.3, -0.25) is 0 Å². The standard InChI is InChI=1S/C25H24FN5O/c1-15-9-16(10-27-2)3-4-17(15)19-11-28-25(22-14-31-30-13-20(19)22)29-12-21-18-7-8-32-24(18)6-5-23(21)26/h3-6,9,11,13-14,27H,7-8,10,12H2,1-2H3,(H,28,29). The maximum absolute atomic E-state index is 14.5. The smallest absolute Gasteiger partial charge is 0.135 e. The fourth-order valence-electron chi connectivity index (χ4n) is 4.37. The van der Waals surface area contributed by atoms with Gasteiger partial charge in [0.1, 0.15) is 17.4 Å². The third-order valence-electron chi connectivity index (χ3n) is 5.93. The number of benzene rings is 2. The van der Waals surface area contributed by atoms with E-state index in [-0.39, 0.29) is 5.82 Å². The van der Waals surface area contributed by atoms with Crippen LogP contribution >= 0.6 is 0 Å². The van der Waals surface area contributed by atoms with Crippen molar-refractivity contribution < 1.29 is 9.13 Å². The van der Waals surface area contributed by atoms with Crippen LogP contribution in [0.25, 0.3) is 21.9 Å². The second-order valence-corrected chi connectivity index (χ2v) is 7.97. The molecule has 1 aliphatic rings. The van der Waals surface area contributed by atoms with Crippen molar-refractivity contribution in [2.75, 3.05) is 19.0 Å². The first-order chi connectivity index (χ1) is 15.7. The number of ether oxygens (including phenoxy) is 1. The Balaban J connectivity index is 1.51. The molecule has 0 aliphatic carbocycles. The molecule has 0 fully saturated rings. The molecular formula is C25H24FN5O. The first-order valence-corrected chi connectivity index (χ1v) is 10.7. The quantitative estimate of drug-likeness (QED) is 0.473. The van der Waals surface area contributed by atoms with Crippen molar-refractivity contribution in [3.05, 3.63) is 77.0 Å². The zero-order valence-corrected chi connectivity index (χ0v) is 18.1. The second kappa shape index (κ2) is 8.51. The number of hydrogen-bond acceptors (Lipinski definition) is 6. The van der Waals surface area contributed by atoms with E-state index >= 15 is 0 Å². The van der Waals surface area contributed by atoms with Crippen molar-refractivity contribution in [3.8, 4) is 16.9 Å². The van der Waals surface area contributed by atoms with Crippen LogP contribution in [-0.4, -0.2) is 28.8 Å². The Hall–Kier alpha value is -3.58. The SMILES string of the molecule is CNCc1ccc(-c2cnc(NCc3c(F)ccc4c3CCO4)c3cnncc23)c(C)c1. The lowest BCUT2D eigenvalue weighted by Crippen LogP contribution is -2.07. The number of aromatic nitrogens is 3. The van der Waals surface area contributed by atoms with Crippen molar-refractivity contribution in [2.45, 2.75) is 26.4 Å². The lowest BCUT2D eigenvalue weighted by Gasteiger charge is -2.15. The van der Waals surface area contributed by atoms with Crippen LogP contribution in [-0.2, 0) is 19.5 Å². The molecule has 0 saturated carbocycles. The largest absolute Gasteiger partial charge is 0.493 e. The van der Waals surface area contributed by atoms with Crippen molar-refractivity contribution >= 4 is 16.6 Å². The summed E-state index contributed by atoms with van der Waals surface area (Å²) >= 11 is 0. The average Bonchev–Trinajstić information content (AvgIpc) is 3.28. The van der Waals surface area contributed by atoms with E-state index in [1.807, 2.05) is 13.2 Å². The zero-order valence-electron chi connectivity index (χ0n) is 18.1. The molecule has 3 heterocycles. The number of halogens is 1. The summed E-state index contributed by atoms with van der Waals surface area (Å²) in [6.07, 6.45) is 6.02. The van der Waals surface area contributed by atoms with Crippen LogP contribution in [0, 0.1) is 12.7 Å². The van der Waals surface area contributed by atoms with Crippen LogP contribution in [0.2, 0.25) is 0 Å². The molecule has 2 aromatic carbocycles. The van der Waals surface area contributed by atoms with Gasteiger partial charge in [-0.1, -0.05) is 18.2 Å². The number of hydrogen-bond donors (Lipinski definition) is 2. The van der Waals surface area contributed by atoms with Crippen molar-refractivity contribution in [1.82, 2.24) is 20.5 Å². The molecule has 0 saturated heterocycles. The summed E-state index contributed by atoms with van der Waals surface area (Å²) in [7, 11) is 1.94. The molecule has 5 rings (SSSR count). The van der Waals surface area contributed by atoms with Gasteiger partial charge >= 0.3 is 0 Å². The summed E-state index contributed by atoms with van der Waals surface area (Å²) in [6, 6.07) is 9.57. The summed E-state index contributed by atoms with van der Waals surface area (Å²) in [5, 5.41) is 16.5. The van der Waals surface area contributed by atoms with E-state index in [0.29, 0.717) is 31.0 Å². The summed E-state index contributed by atoms with van der Waals surface area (Å²) in [4.78, 5) is 4.68. The van der Waals surface area contributed by atoms with E-state index in [1.54, 1.807) is 18.5 Å². The normalized spacial score (nSPS) is 12.6. The summed E-state index contributed by atoms with van der Waals surface area (Å²) in [6.45, 7) is 3.82. The minimum Gasteiger partial charge on any atom is -0.493 e. The van der Waals surface area contributed by atoms with Crippen LogP contribution in [0.1, 0.15) is 22.3 Å². The average molecular weight is 429 g/mol. The molecule has 0 amide bonds. The highest BCUT2D eigenvalue weighted by molar-refractivity contribution is 6.01. The molecule has 6 nitrogen and oxygen atoms in total. The summed E-state index contributed by atoms with van der Waals surface area (Å²) in [5.41, 5.74) is 6.04. The highest BCUT2D eigenvalue weighted by Gasteiger charge is 2.20. The number of rotatable bonds is 6. The van der Waals surface area contributed by atoms with Crippen LogP contribution in [0.15, 0.2) is 48.9 Å². The Morgan fingerprint density at radius 1 is 1.00 bits per heavy atom. The van der Waals surface area contributed by atoms with Crippen LogP contribution in [0.4, 0.5) is 10.2 Å². The van der Waals surface area contributed by atoms with E-state index in [0.717, 1.165) is 39.8 Å². The lowest BCUT2D eigenvalue weighted by molar-refractivity contribution is 0.356. The molecule has 0 bridgehead atoms. The summed E-state index contributed by atoms with van der Waals surface area (Å²) in [5.74, 6) is 1.18. The van der Waals surface area contributed by atoms with Crippen LogP contribution in [0.5, 0.6) is 5.75 Å². The third kappa shape index (κ3) is 3.65.